The Balaban J connectivity index is 1.50. The first-order chi connectivity index (χ1) is 20.1. The van der Waals surface area contributed by atoms with E-state index in [4.69, 9.17) is 14.2 Å². The van der Waals surface area contributed by atoms with Crippen molar-refractivity contribution in [3.63, 3.8) is 0 Å². The van der Waals surface area contributed by atoms with Crippen LogP contribution < -0.4 is 29.8 Å². The number of aromatic amines is 1. The van der Waals surface area contributed by atoms with Crippen molar-refractivity contribution in [1.82, 2.24) is 24.8 Å². The summed E-state index contributed by atoms with van der Waals surface area (Å²) in [6.45, 7) is 4.15. The van der Waals surface area contributed by atoms with E-state index in [1.54, 1.807) is 19.1 Å². The second-order valence-corrected chi connectivity index (χ2v) is 9.47. The van der Waals surface area contributed by atoms with Gasteiger partial charge in [-0.25, -0.2) is 19.7 Å². The van der Waals surface area contributed by atoms with E-state index in [2.05, 4.69) is 34.9 Å². The Labute approximate surface area is 236 Å². The van der Waals surface area contributed by atoms with Gasteiger partial charge in [-0.05, 0) is 51.1 Å². The highest BCUT2D eigenvalue weighted by atomic mass is 19.4. The number of likely N-dealkylation sites (tertiary alicyclic amines) is 1. The number of alkyl halides is 3. The van der Waals surface area contributed by atoms with Gasteiger partial charge in [-0.1, -0.05) is 0 Å². The van der Waals surface area contributed by atoms with E-state index in [1.165, 1.54) is 26.4 Å². The molecule has 4 aromatic rings. The zero-order chi connectivity index (χ0) is 30.0. The van der Waals surface area contributed by atoms with Gasteiger partial charge in [0.05, 0.1) is 25.4 Å². The van der Waals surface area contributed by atoms with E-state index >= 15 is 0 Å². The number of fused-ring (bicyclic) bond motifs is 2. The fourth-order valence-electron chi connectivity index (χ4n) is 4.66. The lowest BCUT2D eigenvalue weighted by Crippen LogP contribution is -2.29. The molecular formula is C27H27F3N6O6. The maximum absolute atomic E-state index is 13.2. The molecule has 0 atom stereocenters. The number of aromatic nitrogens is 4. The number of esters is 1. The number of anilines is 2. The molecule has 0 unspecified atom stereocenters. The lowest BCUT2D eigenvalue weighted by atomic mass is 10.1. The number of halogens is 3. The van der Waals surface area contributed by atoms with Crippen LogP contribution in [0.25, 0.3) is 21.8 Å². The van der Waals surface area contributed by atoms with E-state index in [9.17, 15) is 22.8 Å². The van der Waals surface area contributed by atoms with Crippen LogP contribution in [0, 0.1) is 6.92 Å². The molecule has 5 rings (SSSR count). The van der Waals surface area contributed by atoms with Crippen molar-refractivity contribution >= 4 is 39.7 Å². The van der Waals surface area contributed by atoms with Gasteiger partial charge in [0.15, 0.2) is 11.5 Å². The minimum Gasteiger partial charge on any atom is -0.497 e. The Morgan fingerprint density at radius 2 is 1.83 bits per heavy atom. The molecule has 42 heavy (non-hydrogen) atoms. The molecular weight excluding hydrogens is 561 g/mol. The van der Waals surface area contributed by atoms with Gasteiger partial charge >= 0.3 is 12.1 Å². The first-order valence-electron chi connectivity index (χ1n) is 13.0. The van der Waals surface area contributed by atoms with E-state index in [1.807, 2.05) is 0 Å². The molecule has 1 aliphatic heterocycles. The molecule has 0 radical (unpaired) electrons. The normalized spacial score (nSPS) is 13.9. The molecule has 1 saturated heterocycles. The van der Waals surface area contributed by atoms with Gasteiger partial charge in [-0.2, -0.15) is 13.2 Å². The van der Waals surface area contributed by atoms with Gasteiger partial charge in [0, 0.05) is 18.0 Å². The van der Waals surface area contributed by atoms with Gasteiger partial charge in [0.1, 0.15) is 29.0 Å². The second-order valence-electron chi connectivity index (χ2n) is 9.47. The van der Waals surface area contributed by atoms with Gasteiger partial charge in [0.25, 0.3) is 5.56 Å². The number of carbonyl (C=O) groups is 1. The van der Waals surface area contributed by atoms with Crippen molar-refractivity contribution in [1.29, 1.82) is 0 Å². The molecule has 0 spiro atoms. The van der Waals surface area contributed by atoms with Gasteiger partial charge in [-0.15, -0.1) is 0 Å². The molecule has 0 saturated carbocycles. The summed E-state index contributed by atoms with van der Waals surface area (Å²) in [5.41, 5.74) is 0.101. The summed E-state index contributed by atoms with van der Waals surface area (Å²) in [7, 11) is 3.00. The van der Waals surface area contributed by atoms with Crippen LogP contribution in [0.3, 0.4) is 0 Å². The number of methoxy groups -OCH3 is 2. The highest BCUT2D eigenvalue weighted by Crippen LogP contribution is 2.36. The van der Waals surface area contributed by atoms with Gasteiger partial charge < -0.3 is 18.9 Å². The highest BCUT2D eigenvalue weighted by molar-refractivity contribution is 5.92. The number of nitrogens with one attached hydrogen (secondary N) is 2. The van der Waals surface area contributed by atoms with Crippen molar-refractivity contribution in [2.45, 2.75) is 25.9 Å². The third kappa shape index (κ3) is 6.00. The summed E-state index contributed by atoms with van der Waals surface area (Å²) < 4.78 is 60.4. The van der Waals surface area contributed by atoms with Gasteiger partial charge in [0.2, 0.25) is 11.9 Å². The average molecular weight is 589 g/mol. The number of carbonyl (C=O) groups excluding carboxylic acids is 1. The molecule has 0 amide bonds. The molecule has 2 aromatic heterocycles. The van der Waals surface area contributed by atoms with Crippen molar-refractivity contribution < 1.29 is 36.9 Å². The third-order valence-electron chi connectivity index (χ3n) is 6.70. The fourth-order valence-corrected chi connectivity index (χ4v) is 4.66. The molecule has 1 aliphatic rings. The summed E-state index contributed by atoms with van der Waals surface area (Å²) in [6.07, 6.45) is -3.20. The summed E-state index contributed by atoms with van der Waals surface area (Å²) in [4.78, 5) is 42.7. The second kappa shape index (κ2) is 11.7. The van der Waals surface area contributed by atoms with Crippen molar-refractivity contribution in [2.75, 3.05) is 45.8 Å². The summed E-state index contributed by atoms with van der Waals surface area (Å²) in [5.74, 6) is -2.42. The van der Waals surface area contributed by atoms with Crippen molar-refractivity contribution in [2.24, 2.45) is 0 Å². The predicted molar refractivity (Wildman–Crippen MR) is 146 cm³/mol. The molecule has 3 heterocycles. The Hall–Kier alpha value is -4.66. The molecule has 222 valence electrons. The van der Waals surface area contributed by atoms with Crippen LogP contribution in [0.4, 0.5) is 25.1 Å². The van der Waals surface area contributed by atoms with Gasteiger partial charge in [-0.3, -0.25) is 20.0 Å². The fraction of sp³-hybridized carbons (Fsp3) is 0.370. The number of H-pyrrole nitrogens is 1. The van der Waals surface area contributed by atoms with Crippen LogP contribution >= 0.6 is 0 Å². The number of rotatable bonds is 9. The van der Waals surface area contributed by atoms with Crippen molar-refractivity contribution in [3.8, 4) is 23.0 Å². The third-order valence-corrected chi connectivity index (χ3v) is 6.70. The van der Waals surface area contributed by atoms with Crippen LogP contribution in [-0.4, -0.2) is 77.4 Å². The smallest absolute Gasteiger partial charge is 0.491 e. The Bertz CT molecular complexity index is 1700. The zero-order valence-electron chi connectivity index (χ0n) is 22.9. The summed E-state index contributed by atoms with van der Waals surface area (Å²) in [6, 6.07) is 6.09. The average Bonchev–Trinajstić information content (AvgIpc) is 3.46. The molecule has 0 aliphatic carbocycles. The van der Waals surface area contributed by atoms with Crippen LogP contribution in [-0.2, 0) is 4.79 Å². The highest BCUT2D eigenvalue weighted by Gasteiger charge is 2.42. The molecule has 2 N–H and O–H groups in total. The number of aryl methyl sites for hydroxylation is 1. The van der Waals surface area contributed by atoms with Crippen molar-refractivity contribution in [3.05, 3.63) is 40.3 Å². The standard InChI is InChI=1S/C27H27F3N6O6/c1-14-16-12-15(39-2)13-19(40-3)21(16)33-25(31-14)35-26-32-17-6-7-18(41-11-10-36-8-4-5-9-36)22(20(17)23(37)34-26)42-24(38)27(28,29)30/h6-7,12-13H,4-5,8-11H2,1-3H3,(H2,31,32,33,34,35,37). The topological polar surface area (TPSA) is 141 Å². The minimum atomic E-state index is -5.30. The monoisotopic (exact) mass is 588 g/mol. The number of ether oxygens (including phenoxy) is 4. The van der Waals surface area contributed by atoms with Crippen LogP contribution in [0.2, 0.25) is 0 Å². The quantitative estimate of drug-likeness (QED) is 0.217. The Morgan fingerprint density at radius 1 is 1.07 bits per heavy atom. The Morgan fingerprint density at radius 3 is 2.52 bits per heavy atom. The minimum absolute atomic E-state index is 0.0575. The first kappa shape index (κ1) is 28.9. The van der Waals surface area contributed by atoms with E-state index in [0.717, 1.165) is 25.9 Å². The molecule has 12 nitrogen and oxygen atoms in total. The number of benzene rings is 2. The zero-order valence-corrected chi connectivity index (χ0v) is 22.9. The lowest BCUT2D eigenvalue weighted by Gasteiger charge is -2.17. The largest absolute Gasteiger partial charge is 0.497 e. The molecule has 2 aromatic carbocycles. The maximum atomic E-state index is 13.2. The number of hydrogen-bond donors (Lipinski definition) is 2. The van der Waals surface area contributed by atoms with Crippen LogP contribution in [0.1, 0.15) is 18.5 Å². The SMILES string of the molecule is COc1cc(OC)c2nc(Nc3nc4ccc(OCCN5CCCC5)c(OC(=O)C(F)(F)F)c4c(=O)[nH]3)nc(C)c2c1. The summed E-state index contributed by atoms with van der Waals surface area (Å²) in [5, 5.41) is 3.10. The van der Waals surface area contributed by atoms with E-state index in [-0.39, 0.29) is 35.2 Å². The van der Waals surface area contributed by atoms with Crippen LogP contribution in [0.15, 0.2) is 29.1 Å². The van der Waals surface area contributed by atoms with E-state index in [0.29, 0.717) is 34.6 Å². The maximum Gasteiger partial charge on any atom is 0.491 e. The lowest BCUT2D eigenvalue weighted by molar-refractivity contribution is -0.189. The molecule has 0 bridgehead atoms. The Kier molecular flexibility index (Phi) is 8.02. The summed E-state index contributed by atoms with van der Waals surface area (Å²) >= 11 is 0. The molecule has 15 heteroatoms. The van der Waals surface area contributed by atoms with Crippen LogP contribution in [0.5, 0.6) is 23.0 Å². The number of nitrogens with zero attached hydrogens (tertiary/aromatic N) is 4. The molecule has 1 fully saturated rings. The predicted octanol–water partition coefficient (Wildman–Crippen LogP) is 3.88. The first-order valence-corrected chi connectivity index (χ1v) is 13.0. The van der Waals surface area contributed by atoms with E-state index < -0.39 is 23.5 Å². The number of hydrogen-bond acceptors (Lipinski definition) is 11.